The molecule has 0 aliphatic heterocycles. The zero-order chi connectivity index (χ0) is 9.14. The summed E-state index contributed by atoms with van der Waals surface area (Å²) in [6.07, 6.45) is -2.09. The third kappa shape index (κ3) is 1.78. The predicted octanol–water partition coefficient (Wildman–Crippen LogP) is 3.33. The maximum Gasteiger partial charge on any atom is 0.264 e. The first-order valence-corrected chi connectivity index (χ1v) is 3.71. The molecule has 0 unspecified atom stereocenters. The number of alkyl halides is 2. The number of aryl methyl sites for hydroxylation is 1. The van der Waals surface area contributed by atoms with E-state index in [9.17, 15) is 13.2 Å². The van der Waals surface area contributed by atoms with Gasteiger partial charge in [0, 0.05) is 5.56 Å². The van der Waals surface area contributed by atoms with E-state index in [1.165, 1.54) is 0 Å². The van der Waals surface area contributed by atoms with Gasteiger partial charge < -0.3 is 0 Å². The molecule has 12 heavy (non-hydrogen) atoms. The quantitative estimate of drug-likeness (QED) is 0.645. The summed E-state index contributed by atoms with van der Waals surface area (Å²) in [5.74, 6) is -0.462. The smallest absolute Gasteiger partial charge is 0.207 e. The Hall–Kier alpha value is -0.990. The Morgan fingerprint density at radius 1 is 1.33 bits per heavy atom. The van der Waals surface area contributed by atoms with Crippen LogP contribution in [0.15, 0.2) is 18.2 Å². The Balaban J connectivity index is 3.11. The molecule has 66 valence electrons. The molecule has 1 aromatic carbocycles. The lowest BCUT2D eigenvalue weighted by atomic mass is 10.1. The molecule has 0 fully saturated rings. The van der Waals surface area contributed by atoms with Crippen molar-refractivity contribution in [1.29, 1.82) is 0 Å². The normalized spacial score (nSPS) is 10.8. The molecule has 1 aromatic rings. The average molecular weight is 174 g/mol. The SMILES string of the molecule is CCc1cc(F)ccc1C(F)F. The Morgan fingerprint density at radius 2 is 2.00 bits per heavy atom. The topological polar surface area (TPSA) is 0 Å². The minimum Gasteiger partial charge on any atom is -0.207 e. The summed E-state index contributed by atoms with van der Waals surface area (Å²) in [6.45, 7) is 1.72. The van der Waals surface area contributed by atoms with E-state index < -0.39 is 12.2 Å². The van der Waals surface area contributed by atoms with Gasteiger partial charge in [-0.15, -0.1) is 0 Å². The van der Waals surface area contributed by atoms with Gasteiger partial charge in [0.2, 0.25) is 0 Å². The first kappa shape index (κ1) is 9.10. The summed E-state index contributed by atoms with van der Waals surface area (Å²) in [4.78, 5) is 0. The van der Waals surface area contributed by atoms with Crippen LogP contribution in [-0.4, -0.2) is 0 Å². The van der Waals surface area contributed by atoms with Crippen molar-refractivity contribution in [2.24, 2.45) is 0 Å². The monoisotopic (exact) mass is 174 g/mol. The van der Waals surface area contributed by atoms with Crippen molar-refractivity contribution >= 4 is 0 Å². The van der Waals surface area contributed by atoms with Crippen LogP contribution in [0.25, 0.3) is 0 Å². The Labute approximate surface area is 69.0 Å². The molecule has 0 nitrogen and oxygen atoms in total. The zero-order valence-electron chi connectivity index (χ0n) is 6.65. The second kappa shape index (κ2) is 3.61. The third-order valence-corrected chi connectivity index (χ3v) is 1.72. The summed E-state index contributed by atoms with van der Waals surface area (Å²) in [5, 5.41) is 0. The van der Waals surface area contributed by atoms with E-state index in [1.54, 1.807) is 6.92 Å². The fourth-order valence-electron chi connectivity index (χ4n) is 1.09. The van der Waals surface area contributed by atoms with Crippen LogP contribution in [0.3, 0.4) is 0 Å². The van der Waals surface area contributed by atoms with Crippen LogP contribution in [0.4, 0.5) is 13.2 Å². The molecule has 0 saturated heterocycles. The summed E-state index contributed by atoms with van der Waals surface area (Å²) in [5.41, 5.74) is 0.309. The van der Waals surface area contributed by atoms with Gasteiger partial charge in [-0.05, 0) is 24.1 Å². The largest absolute Gasteiger partial charge is 0.264 e. The van der Waals surface area contributed by atoms with Crippen LogP contribution in [-0.2, 0) is 6.42 Å². The molecule has 0 amide bonds. The van der Waals surface area contributed by atoms with Crippen LogP contribution in [0.5, 0.6) is 0 Å². The first-order chi connectivity index (χ1) is 5.65. The Kier molecular flexibility index (Phi) is 2.74. The second-order valence-electron chi connectivity index (χ2n) is 2.50. The predicted molar refractivity (Wildman–Crippen MR) is 40.7 cm³/mol. The van der Waals surface area contributed by atoms with Crippen molar-refractivity contribution in [3.63, 3.8) is 0 Å². The zero-order valence-corrected chi connectivity index (χ0v) is 6.65. The number of hydrogen-bond donors (Lipinski definition) is 0. The van der Waals surface area contributed by atoms with Gasteiger partial charge in [0.25, 0.3) is 6.43 Å². The molecule has 0 aliphatic rings. The standard InChI is InChI=1S/C9H9F3/c1-2-6-5-7(10)3-4-8(6)9(11)12/h3-5,9H,2H2,1H3. The van der Waals surface area contributed by atoms with Gasteiger partial charge in [0.15, 0.2) is 0 Å². The molecule has 0 radical (unpaired) electrons. The molecule has 0 aromatic heterocycles. The van der Waals surface area contributed by atoms with Crippen LogP contribution in [0.2, 0.25) is 0 Å². The maximum atomic E-state index is 12.6. The van der Waals surface area contributed by atoms with Gasteiger partial charge >= 0.3 is 0 Å². The van der Waals surface area contributed by atoms with Gasteiger partial charge in [-0.2, -0.15) is 0 Å². The second-order valence-corrected chi connectivity index (χ2v) is 2.50. The van der Waals surface area contributed by atoms with Crippen LogP contribution >= 0.6 is 0 Å². The van der Waals surface area contributed by atoms with E-state index in [1.807, 2.05) is 0 Å². The van der Waals surface area contributed by atoms with Crippen LogP contribution in [0.1, 0.15) is 24.5 Å². The van der Waals surface area contributed by atoms with Crippen LogP contribution in [0, 0.1) is 5.82 Å². The van der Waals surface area contributed by atoms with Crippen molar-refractivity contribution in [3.8, 4) is 0 Å². The molecule has 0 atom stereocenters. The highest BCUT2D eigenvalue weighted by atomic mass is 19.3. The number of hydrogen-bond acceptors (Lipinski definition) is 0. The molecule has 3 heteroatoms. The minimum absolute atomic E-state index is 0.0705. The lowest BCUT2D eigenvalue weighted by molar-refractivity contribution is 0.150. The molecule has 0 heterocycles. The molecule has 1 rings (SSSR count). The Morgan fingerprint density at radius 3 is 2.50 bits per heavy atom. The van der Waals surface area contributed by atoms with Gasteiger partial charge in [-0.3, -0.25) is 0 Å². The molecular weight excluding hydrogens is 165 g/mol. The third-order valence-electron chi connectivity index (χ3n) is 1.72. The number of rotatable bonds is 2. The number of benzene rings is 1. The van der Waals surface area contributed by atoms with Gasteiger partial charge in [0.05, 0.1) is 0 Å². The van der Waals surface area contributed by atoms with Gasteiger partial charge in [-0.25, -0.2) is 13.2 Å². The molecule has 0 saturated carbocycles. The van der Waals surface area contributed by atoms with Crippen molar-refractivity contribution in [2.45, 2.75) is 19.8 Å². The van der Waals surface area contributed by atoms with E-state index in [2.05, 4.69) is 0 Å². The molecular formula is C9H9F3. The van der Waals surface area contributed by atoms with Crippen molar-refractivity contribution in [1.82, 2.24) is 0 Å². The van der Waals surface area contributed by atoms with E-state index in [0.29, 0.717) is 12.0 Å². The van der Waals surface area contributed by atoms with Crippen LogP contribution < -0.4 is 0 Å². The van der Waals surface area contributed by atoms with Crippen molar-refractivity contribution in [2.75, 3.05) is 0 Å². The summed E-state index contributed by atoms with van der Waals surface area (Å²) in [6, 6.07) is 3.35. The van der Waals surface area contributed by atoms with Crippen molar-refractivity contribution < 1.29 is 13.2 Å². The average Bonchev–Trinajstić information content (AvgIpc) is 2.03. The Bertz CT molecular complexity index is 268. The minimum atomic E-state index is -2.51. The molecule has 0 N–H and O–H groups in total. The number of halogens is 3. The van der Waals surface area contributed by atoms with Crippen molar-refractivity contribution in [3.05, 3.63) is 35.1 Å². The summed E-state index contributed by atoms with van der Waals surface area (Å²) < 4.78 is 37.0. The summed E-state index contributed by atoms with van der Waals surface area (Å²) >= 11 is 0. The fourth-order valence-corrected chi connectivity index (χ4v) is 1.09. The van der Waals surface area contributed by atoms with E-state index >= 15 is 0 Å². The maximum absolute atomic E-state index is 12.6. The molecule has 0 aliphatic carbocycles. The highest BCUT2D eigenvalue weighted by molar-refractivity contribution is 5.28. The summed E-state index contributed by atoms with van der Waals surface area (Å²) in [7, 11) is 0. The van der Waals surface area contributed by atoms with E-state index in [-0.39, 0.29) is 5.56 Å². The van der Waals surface area contributed by atoms with Gasteiger partial charge in [0.1, 0.15) is 5.82 Å². The lowest BCUT2D eigenvalue weighted by Gasteiger charge is -2.05. The molecule has 0 spiro atoms. The highest BCUT2D eigenvalue weighted by Crippen LogP contribution is 2.23. The molecule has 0 bridgehead atoms. The lowest BCUT2D eigenvalue weighted by Crippen LogP contribution is -1.93. The fraction of sp³-hybridized carbons (Fsp3) is 0.333. The van der Waals surface area contributed by atoms with E-state index in [0.717, 1.165) is 18.2 Å². The highest BCUT2D eigenvalue weighted by Gasteiger charge is 2.11. The van der Waals surface area contributed by atoms with Gasteiger partial charge in [-0.1, -0.05) is 13.0 Å². The first-order valence-electron chi connectivity index (χ1n) is 3.71. The van der Waals surface area contributed by atoms with E-state index in [4.69, 9.17) is 0 Å².